The number of rotatable bonds is 5. The van der Waals surface area contributed by atoms with E-state index in [0.29, 0.717) is 17.6 Å². The van der Waals surface area contributed by atoms with Crippen LogP contribution in [0.5, 0.6) is 0 Å². The van der Waals surface area contributed by atoms with Gasteiger partial charge in [0.05, 0.1) is 27.5 Å². The smallest absolute Gasteiger partial charge is 0.238 e. The van der Waals surface area contributed by atoms with Gasteiger partial charge in [-0.3, -0.25) is 4.57 Å². The highest BCUT2D eigenvalue weighted by molar-refractivity contribution is 6.12. The molecular formula is C64H39N5. The van der Waals surface area contributed by atoms with Crippen LogP contribution in [0.1, 0.15) is 22.3 Å². The van der Waals surface area contributed by atoms with Crippen LogP contribution in [-0.2, 0) is 5.41 Å². The Labute approximate surface area is 397 Å². The number of fused-ring (bicyclic) bond motifs is 16. The van der Waals surface area contributed by atoms with Crippen molar-refractivity contribution in [2.24, 2.45) is 0 Å². The average Bonchev–Trinajstić information content (AvgIpc) is 4.12. The molecule has 2 aliphatic carbocycles. The van der Waals surface area contributed by atoms with Gasteiger partial charge in [-0.25, -0.2) is 4.98 Å². The highest BCUT2D eigenvalue weighted by atomic mass is 15.2. The van der Waals surface area contributed by atoms with Crippen molar-refractivity contribution in [1.82, 2.24) is 24.1 Å². The standard InChI is InChI=1S/C64H39N5/c1-2-17-40(18-3-1)41-33-35-42(36-34-41)61-65-62(43-19-16-20-44(37-43)68-57-30-13-7-24-48(57)49-25-8-14-31-58(49)68)67-63(66-61)69-59-32-15-9-26-50(59)52-38-56-51(39-60(52)69)47-23-6-12-29-55(47)64(56)53-27-10-4-21-45(53)46-22-5-11-28-54(46)64/h1-39H. The van der Waals surface area contributed by atoms with E-state index in [9.17, 15) is 0 Å². The Kier molecular flexibility index (Phi) is 7.93. The van der Waals surface area contributed by atoms with E-state index < -0.39 is 5.41 Å². The Morgan fingerprint density at radius 2 is 0.739 bits per heavy atom. The molecule has 69 heavy (non-hydrogen) atoms. The molecule has 0 radical (unpaired) electrons. The van der Waals surface area contributed by atoms with Crippen molar-refractivity contribution in [2.75, 3.05) is 0 Å². The quantitative estimate of drug-likeness (QED) is 0.173. The normalized spacial score (nSPS) is 13.0. The number of nitrogens with zero attached hydrogens (tertiary/aromatic N) is 5. The minimum absolute atomic E-state index is 0.461. The molecule has 3 aromatic heterocycles. The van der Waals surface area contributed by atoms with Crippen LogP contribution in [0.15, 0.2) is 237 Å². The van der Waals surface area contributed by atoms with Crippen molar-refractivity contribution in [1.29, 1.82) is 0 Å². The second-order valence-corrected chi connectivity index (χ2v) is 18.3. The highest BCUT2D eigenvalue weighted by Crippen LogP contribution is 2.63. The van der Waals surface area contributed by atoms with Crippen molar-refractivity contribution in [3.05, 3.63) is 259 Å². The van der Waals surface area contributed by atoms with Gasteiger partial charge in [0.1, 0.15) is 0 Å². The molecule has 1 spiro atoms. The minimum Gasteiger partial charge on any atom is -0.309 e. The zero-order chi connectivity index (χ0) is 45.2. The summed E-state index contributed by atoms with van der Waals surface area (Å²) < 4.78 is 4.61. The summed E-state index contributed by atoms with van der Waals surface area (Å²) in [5.41, 5.74) is 19.4. The third-order valence-electron chi connectivity index (χ3n) is 14.8. The van der Waals surface area contributed by atoms with E-state index in [1.807, 2.05) is 0 Å². The van der Waals surface area contributed by atoms with Crippen LogP contribution in [0.25, 0.3) is 111 Å². The average molecular weight is 878 g/mol. The first-order valence-corrected chi connectivity index (χ1v) is 23.6. The molecule has 13 aromatic rings. The third-order valence-corrected chi connectivity index (χ3v) is 14.8. The SMILES string of the molecule is c1ccc(-c2ccc(-c3nc(-c4cccc(-n5c6ccccc6c6ccccc65)c4)nc(-n4c5ccccc5c5cc6c(cc54)-c4ccccc4C64c5ccccc5-c5ccccc54)n3)cc2)cc1. The van der Waals surface area contributed by atoms with Gasteiger partial charge in [0.25, 0.3) is 0 Å². The van der Waals surface area contributed by atoms with Gasteiger partial charge in [0.15, 0.2) is 11.6 Å². The Morgan fingerprint density at radius 3 is 1.36 bits per heavy atom. The largest absolute Gasteiger partial charge is 0.309 e. The number of para-hydroxylation sites is 3. The first-order valence-electron chi connectivity index (χ1n) is 23.6. The Balaban J connectivity index is 0.982. The maximum atomic E-state index is 5.48. The van der Waals surface area contributed by atoms with Gasteiger partial charge in [-0.05, 0) is 98.1 Å². The van der Waals surface area contributed by atoms with Crippen LogP contribution in [-0.4, -0.2) is 24.1 Å². The van der Waals surface area contributed by atoms with Crippen LogP contribution in [0.2, 0.25) is 0 Å². The monoisotopic (exact) mass is 877 g/mol. The zero-order valence-electron chi connectivity index (χ0n) is 37.3. The van der Waals surface area contributed by atoms with Gasteiger partial charge < -0.3 is 4.57 Å². The Hall–Kier alpha value is -9.19. The molecule has 0 unspecified atom stereocenters. The molecule has 0 saturated heterocycles. The Bertz CT molecular complexity index is 4160. The summed E-state index contributed by atoms with van der Waals surface area (Å²) in [6.07, 6.45) is 0. The topological polar surface area (TPSA) is 48.5 Å². The van der Waals surface area contributed by atoms with Crippen LogP contribution < -0.4 is 0 Å². The molecule has 0 N–H and O–H groups in total. The molecule has 10 aromatic carbocycles. The van der Waals surface area contributed by atoms with Gasteiger partial charge in [-0.2, -0.15) is 9.97 Å². The first kappa shape index (κ1) is 38.0. The lowest BCUT2D eigenvalue weighted by atomic mass is 9.70. The first-order chi connectivity index (χ1) is 34.2. The fraction of sp³-hybridized carbons (Fsp3) is 0.0156. The maximum absolute atomic E-state index is 5.48. The molecule has 0 atom stereocenters. The van der Waals surface area contributed by atoms with Crippen LogP contribution in [0, 0.1) is 0 Å². The molecule has 0 saturated carbocycles. The molecule has 5 heteroatoms. The van der Waals surface area contributed by atoms with Gasteiger partial charge in [-0.15, -0.1) is 0 Å². The number of hydrogen-bond acceptors (Lipinski definition) is 3. The molecule has 5 nitrogen and oxygen atoms in total. The summed E-state index contributed by atoms with van der Waals surface area (Å²) in [6.45, 7) is 0. The van der Waals surface area contributed by atoms with Crippen LogP contribution in [0.3, 0.4) is 0 Å². The van der Waals surface area contributed by atoms with E-state index in [1.165, 1.54) is 55.3 Å². The van der Waals surface area contributed by atoms with E-state index >= 15 is 0 Å². The molecule has 0 bridgehead atoms. The summed E-state index contributed by atoms with van der Waals surface area (Å²) in [4.78, 5) is 16.2. The molecular weight excluding hydrogens is 839 g/mol. The van der Waals surface area contributed by atoms with Crippen molar-refractivity contribution in [3.63, 3.8) is 0 Å². The fourth-order valence-electron chi connectivity index (χ4n) is 11.9. The van der Waals surface area contributed by atoms with E-state index in [2.05, 4.69) is 246 Å². The lowest BCUT2D eigenvalue weighted by Gasteiger charge is -2.30. The third kappa shape index (κ3) is 5.32. The lowest BCUT2D eigenvalue weighted by Crippen LogP contribution is -2.25. The summed E-state index contributed by atoms with van der Waals surface area (Å²) in [5, 5.41) is 4.73. The van der Waals surface area contributed by atoms with E-state index in [0.717, 1.165) is 60.8 Å². The zero-order valence-corrected chi connectivity index (χ0v) is 37.3. The van der Waals surface area contributed by atoms with Crippen molar-refractivity contribution >= 4 is 43.6 Å². The van der Waals surface area contributed by atoms with E-state index in [1.54, 1.807) is 0 Å². The van der Waals surface area contributed by atoms with Gasteiger partial charge >= 0.3 is 0 Å². The van der Waals surface area contributed by atoms with Gasteiger partial charge in [-0.1, -0.05) is 194 Å². The van der Waals surface area contributed by atoms with E-state index in [4.69, 9.17) is 15.0 Å². The van der Waals surface area contributed by atoms with Crippen molar-refractivity contribution < 1.29 is 0 Å². The van der Waals surface area contributed by atoms with Crippen molar-refractivity contribution in [2.45, 2.75) is 5.41 Å². The second kappa shape index (κ2) is 14.4. The van der Waals surface area contributed by atoms with Gasteiger partial charge in [0.2, 0.25) is 5.95 Å². The molecule has 0 amide bonds. The number of aromatic nitrogens is 5. The second-order valence-electron chi connectivity index (χ2n) is 18.3. The van der Waals surface area contributed by atoms with E-state index in [-0.39, 0.29) is 0 Å². The molecule has 15 rings (SSSR count). The Morgan fingerprint density at radius 1 is 0.275 bits per heavy atom. The minimum atomic E-state index is -0.461. The molecule has 320 valence electrons. The lowest BCUT2D eigenvalue weighted by molar-refractivity contribution is 0.795. The van der Waals surface area contributed by atoms with Crippen molar-refractivity contribution in [3.8, 4) is 67.8 Å². The summed E-state index contributed by atoms with van der Waals surface area (Å²) >= 11 is 0. The predicted molar refractivity (Wildman–Crippen MR) is 281 cm³/mol. The molecule has 0 aliphatic heterocycles. The molecule has 2 aliphatic rings. The molecule has 0 fully saturated rings. The fourth-order valence-corrected chi connectivity index (χ4v) is 11.9. The molecule has 3 heterocycles. The number of hydrogen-bond donors (Lipinski definition) is 0. The summed E-state index contributed by atoms with van der Waals surface area (Å²) in [6, 6.07) is 85.5. The van der Waals surface area contributed by atoms with Crippen LogP contribution >= 0.6 is 0 Å². The summed E-state index contributed by atoms with van der Waals surface area (Å²) in [5.74, 6) is 1.76. The maximum Gasteiger partial charge on any atom is 0.238 e. The van der Waals surface area contributed by atoms with Crippen LogP contribution in [0.4, 0.5) is 0 Å². The predicted octanol–water partition coefficient (Wildman–Crippen LogP) is 15.4. The number of benzene rings is 10. The highest BCUT2D eigenvalue weighted by Gasteiger charge is 2.51. The summed E-state index contributed by atoms with van der Waals surface area (Å²) in [7, 11) is 0. The van der Waals surface area contributed by atoms with Gasteiger partial charge in [0, 0.05) is 38.4 Å².